The van der Waals surface area contributed by atoms with Crippen molar-refractivity contribution in [1.29, 1.82) is 0 Å². The molecule has 0 saturated carbocycles. The van der Waals surface area contributed by atoms with E-state index in [0.29, 0.717) is 11.3 Å². The molecule has 0 amide bonds. The molecule has 19 heavy (non-hydrogen) atoms. The highest BCUT2D eigenvalue weighted by molar-refractivity contribution is 7.13. The number of carboxylic acids is 1. The number of nitrogens with zero attached hydrogens (tertiary/aromatic N) is 1. The summed E-state index contributed by atoms with van der Waals surface area (Å²) in [4.78, 5) is 21.6. The Morgan fingerprint density at radius 2 is 2.21 bits per heavy atom. The van der Waals surface area contributed by atoms with Crippen LogP contribution in [0.3, 0.4) is 0 Å². The lowest BCUT2D eigenvalue weighted by atomic mass is 10.1. The first-order valence-electron chi connectivity index (χ1n) is 5.25. The van der Waals surface area contributed by atoms with E-state index in [0.717, 1.165) is 4.88 Å². The third-order valence-corrected chi connectivity index (χ3v) is 3.21. The zero-order chi connectivity index (χ0) is 13.8. The van der Waals surface area contributed by atoms with E-state index in [2.05, 4.69) is 0 Å². The van der Waals surface area contributed by atoms with Gasteiger partial charge < -0.3 is 9.84 Å². The van der Waals surface area contributed by atoms with Gasteiger partial charge in [-0.2, -0.15) is 0 Å². The first kappa shape index (κ1) is 13.0. The molecule has 0 aliphatic carbocycles. The first-order valence-corrected chi connectivity index (χ1v) is 6.13. The normalized spacial score (nSPS) is 10.1. The fourth-order valence-electron chi connectivity index (χ4n) is 1.52. The van der Waals surface area contributed by atoms with Crippen LogP contribution < -0.4 is 4.74 Å². The van der Waals surface area contributed by atoms with Crippen LogP contribution in [-0.2, 0) is 4.79 Å². The monoisotopic (exact) mass is 279 g/mol. The van der Waals surface area contributed by atoms with Crippen molar-refractivity contribution in [3.63, 3.8) is 0 Å². The molecule has 1 N–H and O–H groups in total. The Hall–Kier alpha value is -2.41. The van der Waals surface area contributed by atoms with Crippen molar-refractivity contribution in [3.05, 3.63) is 45.8 Å². The molecule has 1 aromatic heterocycles. The van der Waals surface area contributed by atoms with E-state index < -0.39 is 17.5 Å². The van der Waals surface area contributed by atoms with Gasteiger partial charge >= 0.3 is 5.97 Å². The number of thiophene rings is 1. The lowest BCUT2D eigenvalue weighted by molar-refractivity contribution is -0.384. The number of nitro benzene ring substituents is 1. The van der Waals surface area contributed by atoms with Crippen molar-refractivity contribution in [1.82, 2.24) is 0 Å². The molecule has 0 atom stereocenters. The van der Waals surface area contributed by atoms with Crippen LogP contribution in [0, 0.1) is 10.1 Å². The van der Waals surface area contributed by atoms with Crippen molar-refractivity contribution in [2.75, 3.05) is 6.61 Å². The summed E-state index contributed by atoms with van der Waals surface area (Å²) in [6.07, 6.45) is 0. The molecule has 6 nitrogen and oxygen atoms in total. The molecule has 98 valence electrons. The van der Waals surface area contributed by atoms with Crippen LogP contribution in [0.5, 0.6) is 5.75 Å². The zero-order valence-electron chi connectivity index (χ0n) is 9.61. The van der Waals surface area contributed by atoms with Crippen LogP contribution in [0.4, 0.5) is 5.69 Å². The smallest absolute Gasteiger partial charge is 0.341 e. The first-order chi connectivity index (χ1) is 9.08. The highest BCUT2D eigenvalue weighted by Gasteiger charge is 2.14. The molecule has 1 heterocycles. The number of nitro groups is 1. The topological polar surface area (TPSA) is 89.7 Å². The number of ether oxygens (including phenoxy) is 1. The summed E-state index contributed by atoms with van der Waals surface area (Å²) < 4.78 is 5.14. The van der Waals surface area contributed by atoms with E-state index in [1.807, 2.05) is 5.38 Å². The Labute approximate surface area is 112 Å². The predicted molar refractivity (Wildman–Crippen MR) is 69.5 cm³/mol. The second kappa shape index (κ2) is 5.49. The zero-order valence-corrected chi connectivity index (χ0v) is 10.4. The Morgan fingerprint density at radius 3 is 2.79 bits per heavy atom. The Bertz CT molecular complexity index is 609. The summed E-state index contributed by atoms with van der Waals surface area (Å²) in [5.74, 6) is -0.786. The fraction of sp³-hybridized carbons (Fsp3) is 0.0833. The summed E-state index contributed by atoms with van der Waals surface area (Å²) in [7, 11) is 0. The molecule has 0 saturated heterocycles. The minimum absolute atomic E-state index is 0.0638. The molecule has 0 aliphatic rings. The number of hydrogen-bond acceptors (Lipinski definition) is 5. The van der Waals surface area contributed by atoms with Gasteiger partial charge in [0.25, 0.3) is 5.69 Å². The Kier molecular flexibility index (Phi) is 3.76. The molecule has 7 heteroatoms. The maximum absolute atomic E-state index is 10.8. The van der Waals surface area contributed by atoms with E-state index in [4.69, 9.17) is 9.84 Å². The maximum Gasteiger partial charge on any atom is 0.341 e. The number of carboxylic acid groups (broad SMARTS) is 1. The number of non-ortho nitro benzene ring substituents is 1. The minimum Gasteiger partial charge on any atom is -0.481 e. The lowest BCUT2D eigenvalue weighted by Gasteiger charge is -2.08. The van der Waals surface area contributed by atoms with Crippen LogP contribution >= 0.6 is 11.3 Å². The number of carbonyl (C=O) groups is 1. The van der Waals surface area contributed by atoms with E-state index in [1.165, 1.54) is 29.5 Å². The highest BCUT2D eigenvalue weighted by atomic mass is 32.1. The molecule has 0 radical (unpaired) electrons. The van der Waals surface area contributed by atoms with Crippen molar-refractivity contribution in [2.45, 2.75) is 0 Å². The van der Waals surface area contributed by atoms with E-state index in [1.54, 1.807) is 12.1 Å². The summed E-state index contributed by atoms with van der Waals surface area (Å²) in [5, 5.41) is 21.2. The predicted octanol–water partition coefficient (Wildman–Crippen LogP) is 2.79. The largest absolute Gasteiger partial charge is 0.481 e. The number of benzene rings is 1. The van der Waals surface area contributed by atoms with Gasteiger partial charge in [0, 0.05) is 22.6 Å². The minimum atomic E-state index is -1.10. The molecule has 0 aliphatic heterocycles. The molecule has 2 aromatic rings. The van der Waals surface area contributed by atoms with E-state index >= 15 is 0 Å². The van der Waals surface area contributed by atoms with Crippen molar-refractivity contribution in [2.24, 2.45) is 0 Å². The lowest BCUT2D eigenvalue weighted by Crippen LogP contribution is -2.10. The fourth-order valence-corrected chi connectivity index (χ4v) is 2.27. The second-order valence-corrected chi connectivity index (χ2v) is 4.54. The van der Waals surface area contributed by atoms with Gasteiger partial charge in [0.05, 0.1) is 4.92 Å². The number of rotatable bonds is 5. The van der Waals surface area contributed by atoms with Gasteiger partial charge in [-0.15, -0.1) is 11.3 Å². The van der Waals surface area contributed by atoms with Crippen LogP contribution in [0.2, 0.25) is 0 Å². The van der Waals surface area contributed by atoms with E-state index in [-0.39, 0.29) is 5.69 Å². The van der Waals surface area contributed by atoms with Crippen LogP contribution in [-0.4, -0.2) is 22.6 Å². The molecule has 0 spiro atoms. The van der Waals surface area contributed by atoms with Crippen molar-refractivity contribution in [3.8, 4) is 16.2 Å². The van der Waals surface area contributed by atoms with Gasteiger partial charge in [0.1, 0.15) is 5.75 Å². The summed E-state index contributed by atoms with van der Waals surface area (Å²) in [6.45, 7) is -0.490. The van der Waals surface area contributed by atoms with Crippen LogP contribution in [0.15, 0.2) is 35.7 Å². The van der Waals surface area contributed by atoms with E-state index in [9.17, 15) is 14.9 Å². The van der Waals surface area contributed by atoms with Crippen LogP contribution in [0.25, 0.3) is 10.4 Å². The number of hydrogen-bond donors (Lipinski definition) is 1. The average Bonchev–Trinajstić information content (AvgIpc) is 2.89. The Morgan fingerprint density at radius 1 is 1.42 bits per heavy atom. The molecular formula is C12H9NO5S. The summed E-state index contributed by atoms with van der Waals surface area (Å²) >= 11 is 1.39. The quantitative estimate of drug-likeness (QED) is 0.671. The molecule has 0 unspecified atom stereocenters. The van der Waals surface area contributed by atoms with Gasteiger partial charge in [-0.05, 0) is 17.5 Å². The summed E-state index contributed by atoms with van der Waals surface area (Å²) in [5.41, 5.74) is 0.455. The molecule has 2 rings (SSSR count). The molecule has 1 aromatic carbocycles. The SMILES string of the molecule is O=C(O)COc1ccc([N+](=O)[O-])cc1-c1cccs1. The van der Waals surface area contributed by atoms with Gasteiger partial charge in [0.15, 0.2) is 6.61 Å². The molecule has 0 bridgehead atoms. The van der Waals surface area contributed by atoms with Crippen LogP contribution in [0.1, 0.15) is 0 Å². The maximum atomic E-state index is 10.8. The molecular weight excluding hydrogens is 270 g/mol. The Balaban J connectivity index is 2.42. The standard InChI is InChI=1S/C12H9NO5S/c14-12(15)7-18-10-4-3-8(13(16)17)6-9(10)11-2-1-5-19-11/h1-6H,7H2,(H,14,15). The third kappa shape index (κ3) is 3.08. The molecule has 0 fully saturated rings. The second-order valence-electron chi connectivity index (χ2n) is 3.60. The highest BCUT2D eigenvalue weighted by Crippen LogP contribution is 2.35. The van der Waals surface area contributed by atoms with Gasteiger partial charge in [-0.25, -0.2) is 4.79 Å². The number of aliphatic carboxylic acids is 1. The van der Waals surface area contributed by atoms with Gasteiger partial charge in [-0.1, -0.05) is 6.07 Å². The average molecular weight is 279 g/mol. The summed E-state index contributed by atoms with van der Waals surface area (Å²) in [6, 6.07) is 7.67. The van der Waals surface area contributed by atoms with Gasteiger partial charge in [0.2, 0.25) is 0 Å². The third-order valence-electron chi connectivity index (χ3n) is 2.31. The van der Waals surface area contributed by atoms with Crippen molar-refractivity contribution >= 4 is 23.0 Å². The van der Waals surface area contributed by atoms with Crippen molar-refractivity contribution < 1.29 is 19.6 Å². The van der Waals surface area contributed by atoms with Gasteiger partial charge in [-0.3, -0.25) is 10.1 Å².